The average Bonchev–Trinajstić information content (AvgIpc) is 2.17. The lowest BCUT2D eigenvalue weighted by Crippen LogP contribution is -2.35. The van der Waals surface area contributed by atoms with E-state index in [-0.39, 0.29) is 5.78 Å². The summed E-state index contributed by atoms with van der Waals surface area (Å²) in [6.07, 6.45) is 0. The Kier molecular flexibility index (Phi) is 3.24. The van der Waals surface area contributed by atoms with E-state index in [1.165, 1.54) is 13.8 Å². The number of rotatable bonds is 3. The van der Waals surface area contributed by atoms with E-state index in [2.05, 4.69) is 0 Å². The van der Waals surface area contributed by atoms with Crippen LogP contribution in [-0.2, 0) is 19.9 Å². The van der Waals surface area contributed by atoms with E-state index in [1.807, 2.05) is 6.07 Å². The minimum Gasteiger partial charge on any atom is -0.447 e. The third-order valence-corrected chi connectivity index (χ3v) is 2.34. The van der Waals surface area contributed by atoms with Crippen molar-refractivity contribution < 1.29 is 14.3 Å². The van der Waals surface area contributed by atoms with Crippen LogP contribution in [0.25, 0.3) is 0 Å². The summed E-state index contributed by atoms with van der Waals surface area (Å²) in [6.45, 7) is 4.31. The first-order valence-electron chi connectivity index (χ1n) is 4.73. The quantitative estimate of drug-likeness (QED) is 0.711. The van der Waals surface area contributed by atoms with Gasteiger partial charge in [-0.25, -0.2) is 0 Å². The van der Waals surface area contributed by atoms with E-state index in [1.54, 1.807) is 31.2 Å². The molecule has 0 aliphatic heterocycles. The van der Waals surface area contributed by atoms with Crippen molar-refractivity contribution in [3.63, 3.8) is 0 Å². The lowest BCUT2D eigenvalue weighted by Gasteiger charge is -2.26. The predicted octanol–water partition coefficient (Wildman–Crippen LogP) is 2.05. The van der Waals surface area contributed by atoms with Crippen LogP contribution in [0.15, 0.2) is 30.3 Å². The van der Waals surface area contributed by atoms with Gasteiger partial charge in [-0.15, -0.1) is 0 Å². The Morgan fingerprint density at radius 3 is 2.07 bits per heavy atom. The van der Waals surface area contributed by atoms with Crippen molar-refractivity contribution in [3.05, 3.63) is 35.9 Å². The highest BCUT2D eigenvalue weighted by Gasteiger charge is 2.35. The second-order valence-electron chi connectivity index (χ2n) is 3.55. The molecule has 0 radical (unpaired) electrons. The van der Waals surface area contributed by atoms with Crippen molar-refractivity contribution >= 4 is 11.8 Å². The minimum absolute atomic E-state index is 0.191. The zero-order chi connectivity index (χ0) is 11.5. The summed E-state index contributed by atoms with van der Waals surface area (Å²) in [4.78, 5) is 22.5. The molecule has 0 heterocycles. The van der Waals surface area contributed by atoms with Crippen LogP contribution in [0.1, 0.15) is 26.3 Å². The van der Waals surface area contributed by atoms with E-state index in [0.717, 1.165) is 0 Å². The zero-order valence-corrected chi connectivity index (χ0v) is 9.11. The van der Waals surface area contributed by atoms with Crippen LogP contribution in [0.2, 0.25) is 0 Å². The van der Waals surface area contributed by atoms with Crippen LogP contribution in [-0.4, -0.2) is 11.8 Å². The van der Waals surface area contributed by atoms with Gasteiger partial charge in [0.15, 0.2) is 11.4 Å². The number of hydrogen-bond acceptors (Lipinski definition) is 3. The molecule has 0 saturated carbocycles. The van der Waals surface area contributed by atoms with Crippen LogP contribution >= 0.6 is 0 Å². The maximum Gasteiger partial charge on any atom is 0.303 e. The lowest BCUT2D eigenvalue weighted by molar-refractivity contribution is -0.164. The Hall–Kier alpha value is -1.64. The normalized spacial score (nSPS) is 14.1. The molecule has 0 N–H and O–H groups in total. The second kappa shape index (κ2) is 4.26. The summed E-state index contributed by atoms with van der Waals surface area (Å²) in [6, 6.07) is 8.99. The van der Waals surface area contributed by atoms with Crippen molar-refractivity contribution in [2.24, 2.45) is 0 Å². The Balaban J connectivity index is 3.13. The first-order chi connectivity index (χ1) is 6.97. The van der Waals surface area contributed by atoms with Crippen molar-refractivity contribution in [2.75, 3.05) is 0 Å². The number of hydrogen-bond donors (Lipinski definition) is 0. The van der Waals surface area contributed by atoms with Crippen LogP contribution < -0.4 is 0 Å². The highest BCUT2D eigenvalue weighted by Crippen LogP contribution is 2.26. The molecule has 0 aliphatic carbocycles. The number of esters is 1. The fraction of sp³-hybridized carbons (Fsp3) is 0.333. The average molecular weight is 206 g/mol. The van der Waals surface area contributed by atoms with Gasteiger partial charge < -0.3 is 4.74 Å². The summed E-state index contributed by atoms with van der Waals surface area (Å²) >= 11 is 0. The monoisotopic (exact) mass is 206 g/mol. The summed E-state index contributed by atoms with van der Waals surface area (Å²) in [5, 5.41) is 0. The number of carbonyl (C=O) groups is 2. The Bertz CT molecular complexity index is 370. The molecular weight excluding hydrogens is 192 g/mol. The van der Waals surface area contributed by atoms with E-state index >= 15 is 0 Å². The van der Waals surface area contributed by atoms with Crippen molar-refractivity contribution in [1.29, 1.82) is 0 Å². The van der Waals surface area contributed by atoms with Crippen LogP contribution in [0.4, 0.5) is 0 Å². The molecule has 0 amide bonds. The molecule has 0 spiro atoms. The maximum absolute atomic E-state index is 11.5. The minimum atomic E-state index is -1.17. The van der Waals surface area contributed by atoms with E-state index in [9.17, 15) is 9.59 Å². The summed E-state index contributed by atoms with van der Waals surface area (Å²) in [5.41, 5.74) is -0.486. The van der Waals surface area contributed by atoms with Gasteiger partial charge in [0.1, 0.15) is 0 Å². The Morgan fingerprint density at radius 1 is 1.13 bits per heavy atom. The first-order valence-corrected chi connectivity index (χ1v) is 4.73. The summed E-state index contributed by atoms with van der Waals surface area (Å²) in [7, 11) is 0. The standard InChI is InChI=1S/C12H14O3/c1-9(13)12(3,15-10(2)14)11-7-5-4-6-8-11/h4-8H,1-3H3. The van der Waals surface area contributed by atoms with Gasteiger partial charge >= 0.3 is 5.97 Å². The van der Waals surface area contributed by atoms with Gasteiger partial charge in [0.25, 0.3) is 0 Å². The van der Waals surface area contributed by atoms with Crippen molar-refractivity contribution in [1.82, 2.24) is 0 Å². The molecule has 15 heavy (non-hydrogen) atoms. The SMILES string of the molecule is CC(=O)OC(C)(C(C)=O)c1ccccc1. The van der Waals surface area contributed by atoms with Gasteiger partial charge in [-0.2, -0.15) is 0 Å². The molecule has 3 nitrogen and oxygen atoms in total. The third-order valence-electron chi connectivity index (χ3n) is 2.34. The first kappa shape index (κ1) is 11.4. The van der Waals surface area contributed by atoms with Gasteiger partial charge in [0.2, 0.25) is 0 Å². The predicted molar refractivity (Wildman–Crippen MR) is 56.2 cm³/mol. The van der Waals surface area contributed by atoms with Gasteiger partial charge in [-0.3, -0.25) is 9.59 Å². The number of Topliss-reactive ketones (excluding diaryl/α,β-unsaturated/α-hetero) is 1. The molecule has 3 heteroatoms. The fourth-order valence-corrected chi connectivity index (χ4v) is 1.38. The molecule has 0 aromatic heterocycles. The largest absolute Gasteiger partial charge is 0.447 e. The smallest absolute Gasteiger partial charge is 0.303 e. The number of ketones is 1. The Morgan fingerprint density at radius 2 is 1.67 bits per heavy atom. The zero-order valence-electron chi connectivity index (χ0n) is 9.11. The number of carbonyl (C=O) groups excluding carboxylic acids is 2. The molecule has 0 saturated heterocycles. The Labute approximate surface area is 89.1 Å². The van der Waals surface area contributed by atoms with Crippen molar-refractivity contribution in [3.8, 4) is 0 Å². The molecule has 0 aliphatic rings. The van der Waals surface area contributed by atoms with Crippen LogP contribution in [0.5, 0.6) is 0 Å². The molecule has 1 aromatic rings. The highest BCUT2D eigenvalue weighted by atomic mass is 16.6. The van der Waals surface area contributed by atoms with Gasteiger partial charge in [-0.1, -0.05) is 30.3 Å². The highest BCUT2D eigenvalue weighted by molar-refractivity contribution is 5.88. The van der Waals surface area contributed by atoms with Crippen LogP contribution in [0, 0.1) is 0 Å². The summed E-state index contributed by atoms with van der Waals surface area (Å²) < 4.78 is 5.10. The van der Waals surface area contributed by atoms with E-state index in [0.29, 0.717) is 5.56 Å². The molecule has 1 atom stereocenters. The topological polar surface area (TPSA) is 43.4 Å². The molecule has 0 fully saturated rings. The third kappa shape index (κ3) is 2.43. The number of ether oxygens (including phenoxy) is 1. The molecule has 0 bridgehead atoms. The fourth-order valence-electron chi connectivity index (χ4n) is 1.38. The molecular formula is C12H14O3. The van der Waals surface area contributed by atoms with Crippen molar-refractivity contribution in [2.45, 2.75) is 26.4 Å². The van der Waals surface area contributed by atoms with Gasteiger partial charge in [-0.05, 0) is 13.8 Å². The maximum atomic E-state index is 11.5. The van der Waals surface area contributed by atoms with Gasteiger partial charge in [0, 0.05) is 12.5 Å². The van der Waals surface area contributed by atoms with Crippen LogP contribution in [0.3, 0.4) is 0 Å². The van der Waals surface area contributed by atoms with E-state index in [4.69, 9.17) is 4.74 Å². The molecule has 1 unspecified atom stereocenters. The summed E-state index contributed by atoms with van der Waals surface area (Å²) in [5.74, 6) is -0.652. The van der Waals surface area contributed by atoms with E-state index < -0.39 is 11.6 Å². The second-order valence-corrected chi connectivity index (χ2v) is 3.55. The lowest BCUT2D eigenvalue weighted by atomic mass is 9.92. The molecule has 1 aromatic carbocycles. The molecule has 80 valence electrons. The number of benzene rings is 1. The van der Waals surface area contributed by atoms with Gasteiger partial charge in [0.05, 0.1) is 0 Å². The molecule has 1 rings (SSSR count).